The van der Waals surface area contributed by atoms with E-state index in [-0.39, 0.29) is 36.0 Å². The van der Waals surface area contributed by atoms with E-state index in [0.717, 1.165) is 12.8 Å². The van der Waals surface area contributed by atoms with E-state index in [2.05, 4.69) is 6.92 Å². The summed E-state index contributed by atoms with van der Waals surface area (Å²) < 4.78 is 0. The van der Waals surface area contributed by atoms with Crippen LogP contribution in [0.25, 0.3) is 0 Å². The van der Waals surface area contributed by atoms with Crippen LogP contribution in [-0.2, 0) is 4.79 Å². The molecule has 0 spiro atoms. The maximum Gasteiger partial charge on any atom is 1.00 e. The molecule has 1 unspecified atom stereocenters. The van der Waals surface area contributed by atoms with Crippen LogP contribution in [0.15, 0.2) is 30.3 Å². The van der Waals surface area contributed by atoms with Gasteiger partial charge < -0.3 is 19.9 Å². The molecule has 1 rings (SSSR count). The number of benzene rings is 1. The minimum Gasteiger partial charge on any atom is -0.545 e. The summed E-state index contributed by atoms with van der Waals surface area (Å²) in [6, 6.07) is 9.04. The second kappa shape index (κ2) is 11.9. The first-order valence-corrected chi connectivity index (χ1v) is 8.25. The molecule has 0 amide bonds. The SMILES string of the molecule is CCCCCCCCCC(O)(C(=O)[O-])N(C)c1ccccc1.[Na+]. The summed E-state index contributed by atoms with van der Waals surface area (Å²) in [4.78, 5) is 12.8. The second-order valence-electron chi connectivity index (χ2n) is 5.87. The fourth-order valence-electron chi connectivity index (χ4n) is 2.60. The van der Waals surface area contributed by atoms with Gasteiger partial charge in [-0.3, -0.25) is 0 Å². The van der Waals surface area contributed by atoms with Gasteiger partial charge in [0.15, 0.2) is 5.72 Å². The minimum atomic E-state index is -1.95. The van der Waals surface area contributed by atoms with Crippen LogP contribution in [0, 0.1) is 0 Å². The number of carbonyl (C=O) groups excluding carboxylic acids is 1. The van der Waals surface area contributed by atoms with Crippen molar-refractivity contribution in [1.82, 2.24) is 0 Å². The van der Waals surface area contributed by atoms with Crippen LogP contribution in [0.5, 0.6) is 0 Å². The minimum absolute atomic E-state index is 0. The number of carboxylic acid groups (broad SMARTS) is 1. The quantitative estimate of drug-likeness (QED) is 0.344. The first-order valence-electron chi connectivity index (χ1n) is 8.25. The Balaban J connectivity index is 0.00000484. The molecule has 0 bridgehead atoms. The molecule has 0 fully saturated rings. The maximum absolute atomic E-state index is 11.4. The molecule has 1 aromatic rings. The van der Waals surface area contributed by atoms with E-state index in [9.17, 15) is 15.0 Å². The number of likely N-dealkylation sites (N-methyl/N-ethyl adjacent to an activating group) is 1. The number of rotatable bonds is 11. The molecule has 0 saturated heterocycles. The zero-order valence-corrected chi connectivity index (χ0v) is 16.8. The summed E-state index contributed by atoms with van der Waals surface area (Å²) in [5.74, 6) is -1.44. The van der Waals surface area contributed by atoms with Crippen LogP contribution in [0.4, 0.5) is 5.69 Å². The van der Waals surface area contributed by atoms with Crippen LogP contribution in [0.1, 0.15) is 58.3 Å². The Kier molecular flexibility index (Phi) is 11.6. The summed E-state index contributed by atoms with van der Waals surface area (Å²) in [6.45, 7) is 2.18. The van der Waals surface area contributed by atoms with Crippen LogP contribution < -0.4 is 39.6 Å². The van der Waals surface area contributed by atoms with E-state index in [4.69, 9.17) is 0 Å². The Morgan fingerprint density at radius 2 is 1.61 bits per heavy atom. The van der Waals surface area contributed by atoms with Crippen LogP contribution in [-0.4, -0.2) is 23.8 Å². The Labute approximate surface area is 162 Å². The van der Waals surface area contributed by atoms with E-state index in [1.165, 1.54) is 30.6 Å². The molecular formula is C18H28NNaO3. The average molecular weight is 329 g/mol. The topological polar surface area (TPSA) is 63.6 Å². The van der Waals surface area contributed by atoms with Crippen molar-refractivity contribution in [2.75, 3.05) is 11.9 Å². The van der Waals surface area contributed by atoms with Crippen molar-refractivity contribution < 1.29 is 44.6 Å². The molecular weight excluding hydrogens is 301 g/mol. The van der Waals surface area contributed by atoms with Gasteiger partial charge in [0.05, 0.1) is 5.97 Å². The van der Waals surface area contributed by atoms with Gasteiger partial charge in [0, 0.05) is 19.2 Å². The fraction of sp³-hybridized carbons (Fsp3) is 0.611. The monoisotopic (exact) mass is 329 g/mol. The number of carbonyl (C=O) groups is 1. The number of para-hydroxylation sites is 1. The predicted octanol–water partition coefficient (Wildman–Crippen LogP) is -0.294. The van der Waals surface area contributed by atoms with Gasteiger partial charge in [-0.05, 0) is 18.6 Å². The van der Waals surface area contributed by atoms with Crippen LogP contribution >= 0.6 is 0 Å². The number of anilines is 1. The van der Waals surface area contributed by atoms with Crippen LogP contribution in [0.3, 0.4) is 0 Å². The number of aliphatic hydroxyl groups is 1. The average Bonchev–Trinajstić information content (AvgIpc) is 2.53. The van der Waals surface area contributed by atoms with Gasteiger partial charge in [-0.1, -0.05) is 63.6 Å². The first kappa shape index (κ1) is 22.4. The Morgan fingerprint density at radius 1 is 1.09 bits per heavy atom. The molecule has 0 heterocycles. The number of hydrogen-bond donors (Lipinski definition) is 1. The Hall–Kier alpha value is -0.550. The number of hydrogen-bond acceptors (Lipinski definition) is 4. The number of aliphatic carboxylic acids is 1. The second-order valence-corrected chi connectivity index (χ2v) is 5.87. The van der Waals surface area contributed by atoms with Gasteiger partial charge in [0.2, 0.25) is 0 Å². The van der Waals surface area contributed by atoms with Gasteiger partial charge in [0.25, 0.3) is 0 Å². The number of carboxylic acids is 1. The molecule has 0 aromatic heterocycles. The maximum atomic E-state index is 11.4. The van der Waals surface area contributed by atoms with Crippen molar-refractivity contribution in [3.63, 3.8) is 0 Å². The van der Waals surface area contributed by atoms with E-state index in [1.807, 2.05) is 18.2 Å². The molecule has 1 atom stereocenters. The van der Waals surface area contributed by atoms with Gasteiger partial charge >= 0.3 is 29.6 Å². The fourth-order valence-corrected chi connectivity index (χ4v) is 2.60. The Bertz CT molecular complexity index is 441. The molecule has 23 heavy (non-hydrogen) atoms. The molecule has 0 aliphatic heterocycles. The first-order chi connectivity index (χ1) is 10.5. The number of unbranched alkanes of at least 4 members (excludes halogenated alkanes) is 6. The third-order valence-electron chi connectivity index (χ3n) is 4.15. The van der Waals surface area contributed by atoms with Crippen molar-refractivity contribution in [1.29, 1.82) is 0 Å². The van der Waals surface area contributed by atoms with E-state index < -0.39 is 11.7 Å². The smallest absolute Gasteiger partial charge is 0.545 e. The molecule has 124 valence electrons. The summed E-state index contributed by atoms with van der Waals surface area (Å²) in [5, 5.41) is 22.0. The summed E-state index contributed by atoms with van der Waals surface area (Å²) in [7, 11) is 1.59. The standard InChI is InChI=1S/C18H29NO3.Na/c1-3-4-5-6-7-8-12-15-18(22,17(20)21)19(2)16-13-10-9-11-14-16;/h9-11,13-14,22H,3-8,12,15H2,1-2H3,(H,20,21);/q;+1/p-1. The van der Waals surface area contributed by atoms with Gasteiger partial charge in [-0.15, -0.1) is 0 Å². The van der Waals surface area contributed by atoms with E-state index in [0.29, 0.717) is 12.1 Å². The third-order valence-corrected chi connectivity index (χ3v) is 4.15. The summed E-state index contributed by atoms with van der Waals surface area (Å²) in [5.41, 5.74) is -1.29. The zero-order chi connectivity index (χ0) is 16.4. The summed E-state index contributed by atoms with van der Waals surface area (Å²) >= 11 is 0. The third kappa shape index (κ3) is 7.25. The normalized spacial score (nSPS) is 13.0. The van der Waals surface area contributed by atoms with Gasteiger partial charge in [-0.2, -0.15) is 0 Å². The molecule has 5 heteroatoms. The van der Waals surface area contributed by atoms with Crippen molar-refractivity contribution in [2.45, 2.75) is 64.0 Å². The van der Waals surface area contributed by atoms with Gasteiger partial charge in [-0.25, -0.2) is 0 Å². The van der Waals surface area contributed by atoms with Crippen molar-refractivity contribution in [3.05, 3.63) is 30.3 Å². The van der Waals surface area contributed by atoms with Crippen molar-refractivity contribution in [2.24, 2.45) is 0 Å². The number of nitrogens with zero attached hydrogens (tertiary/aromatic N) is 1. The molecule has 1 aromatic carbocycles. The van der Waals surface area contributed by atoms with Crippen molar-refractivity contribution in [3.8, 4) is 0 Å². The molecule has 0 radical (unpaired) electrons. The Morgan fingerprint density at radius 3 is 2.13 bits per heavy atom. The zero-order valence-electron chi connectivity index (χ0n) is 14.8. The molecule has 0 aliphatic rings. The molecule has 4 nitrogen and oxygen atoms in total. The van der Waals surface area contributed by atoms with Gasteiger partial charge in [0.1, 0.15) is 0 Å². The predicted molar refractivity (Wildman–Crippen MR) is 87.4 cm³/mol. The molecule has 1 N–H and O–H groups in total. The van der Waals surface area contributed by atoms with E-state index in [1.54, 1.807) is 19.2 Å². The van der Waals surface area contributed by atoms with Crippen molar-refractivity contribution >= 4 is 11.7 Å². The molecule has 0 saturated carbocycles. The summed E-state index contributed by atoms with van der Waals surface area (Å²) in [6.07, 6.45) is 7.73. The largest absolute Gasteiger partial charge is 1.00 e. The van der Waals surface area contributed by atoms with E-state index >= 15 is 0 Å². The molecule has 0 aliphatic carbocycles. The van der Waals surface area contributed by atoms with Crippen LogP contribution in [0.2, 0.25) is 0 Å².